The van der Waals surface area contributed by atoms with Crippen molar-refractivity contribution in [2.75, 3.05) is 12.9 Å². The third-order valence-electron chi connectivity index (χ3n) is 4.60. The predicted molar refractivity (Wildman–Crippen MR) is 107 cm³/mol. The van der Waals surface area contributed by atoms with Crippen molar-refractivity contribution in [1.82, 2.24) is 0 Å². The average molecular weight is 457 g/mol. The molecule has 0 saturated heterocycles. The molecule has 0 aliphatic carbocycles. The number of ether oxygens (including phenoxy) is 2. The van der Waals surface area contributed by atoms with E-state index in [4.69, 9.17) is 4.74 Å². The van der Waals surface area contributed by atoms with Gasteiger partial charge in [-0.25, -0.2) is 13.2 Å². The number of thioether (sulfide) groups is 1. The molecule has 3 nitrogen and oxygen atoms in total. The molecule has 0 saturated carbocycles. The molecule has 0 bridgehead atoms. The molecule has 1 aromatic rings. The molecule has 172 valence electrons. The lowest BCUT2D eigenvalue weighted by Gasteiger charge is -2.21. The molecule has 0 N–H and O–H groups in total. The number of carbonyl (C=O) groups excluding carboxylic acids is 1. The van der Waals surface area contributed by atoms with E-state index in [9.17, 15) is 26.7 Å². The summed E-state index contributed by atoms with van der Waals surface area (Å²) in [5.74, 6) is -12.4. The van der Waals surface area contributed by atoms with Crippen LogP contribution in [-0.2, 0) is 9.53 Å². The zero-order chi connectivity index (χ0) is 22.7. The Bertz CT molecular complexity index is 669. The van der Waals surface area contributed by atoms with E-state index in [-0.39, 0.29) is 11.4 Å². The van der Waals surface area contributed by atoms with E-state index < -0.39 is 40.8 Å². The summed E-state index contributed by atoms with van der Waals surface area (Å²) < 4.78 is 75.8. The van der Waals surface area contributed by atoms with Crippen LogP contribution in [-0.4, -0.2) is 23.8 Å². The van der Waals surface area contributed by atoms with E-state index in [1.165, 1.54) is 0 Å². The minimum atomic E-state index is -2.29. The van der Waals surface area contributed by atoms with Gasteiger partial charge in [0.15, 0.2) is 0 Å². The summed E-state index contributed by atoms with van der Waals surface area (Å²) in [6.45, 7) is 4.08. The highest BCUT2D eigenvalue weighted by atomic mass is 32.2. The van der Waals surface area contributed by atoms with Gasteiger partial charge in [0.25, 0.3) is 0 Å². The number of carbonyl (C=O) groups is 1. The van der Waals surface area contributed by atoms with Crippen LogP contribution in [0.1, 0.15) is 71.6 Å². The van der Waals surface area contributed by atoms with Crippen molar-refractivity contribution in [1.29, 1.82) is 0 Å². The number of rotatable bonds is 14. The van der Waals surface area contributed by atoms with Gasteiger partial charge in [0, 0.05) is 13.5 Å². The maximum absolute atomic E-state index is 13.5. The maximum atomic E-state index is 13.5. The van der Waals surface area contributed by atoms with Gasteiger partial charge >= 0.3 is 5.97 Å². The molecule has 1 rings (SSSR count). The van der Waals surface area contributed by atoms with Crippen LogP contribution in [0.4, 0.5) is 22.0 Å². The van der Waals surface area contributed by atoms with E-state index in [2.05, 4.69) is 4.74 Å². The summed E-state index contributed by atoms with van der Waals surface area (Å²) in [7, 11) is 1.70. The molecule has 0 radical (unpaired) electrons. The number of unbranched alkanes of at least 4 members (excludes halogenated alkanes) is 7. The number of benzene rings is 1. The van der Waals surface area contributed by atoms with Crippen LogP contribution >= 0.6 is 11.8 Å². The van der Waals surface area contributed by atoms with Crippen LogP contribution in [0.15, 0.2) is 0 Å². The summed E-state index contributed by atoms with van der Waals surface area (Å²) in [5, 5.41) is 0. The van der Waals surface area contributed by atoms with E-state index in [0.29, 0.717) is 12.8 Å². The standard InChI is InChI=1S/C21H29F5O3S/c1-21(2,28-3)30-13-11-9-7-5-4-6-8-10-12-14(27)29-20-18(25)16(23)15(22)17(24)19(20)26/h4-13H2,1-3H3. The van der Waals surface area contributed by atoms with Crippen molar-refractivity contribution in [2.45, 2.75) is 76.6 Å². The first-order valence-corrected chi connectivity index (χ1v) is 11.0. The third-order valence-corrected chi connectivity index (χ3v) is 5.96. The smallest absolute Gasteiger partial charge is 0.311 e. The summed E-state index contributed by atoms with van der Waals surface area (Å²) in [5.41, 5.74) is 0. The Labute approximate surface area is 178 Å². The Kier molecular flexibility index (Phi) is 11.7. The second-order valence-electron chi connectivity index (χ2n) is 7.40. The van der Waals surface area contributed by atoms with Crippen LogP contribution in [0, 0.1) is 29.1 Å². The van der Waals surface area contributed by atoms with Gasteiger partial charge in [-0.15, -0.1) is 11.8 Å². The molecular weight excluding hydrogens is 427 g/mol. The van der Waals surface area contributed by atoms with Crippen LogP contribution in [0.2, 0.25) is 0 Å². The highest BCUT2D eigenvalue weighted by Gasteiger charge is 2.28. The van der Waals surface area contributed by atoms with Crippen molar-refractivity contribution in [3.8, 4) is 5.75 Å². The molecule has 0 amide bonds. The molecule has 0 aliphatic heterocycles. The molecule has 0 atom stereocenters. The molecule has 1 aromatic carbocycles. The number of halogens is 5. The van der Waals surface area contributed by atoms with Crippen LogP contribution in [0.3, 0.4) is 0 Å². The number of hydrogen-bond donors (Lipinski definition) is 0. The Balaban J connectivity index is 2.15. The van der Waals surface area contributed by atoms with Gasteiger partial charge in [0.2, 0.25) is 34.8 Å². The van der Waals surface area contributed by atoms with Gasteiger partial charge < -0.3 is 9.47 Å². The SMILES string of the molecule is COC(C)(C)SCCCCCCCCCCC(=O)Oc1c(F)c(F)c(F)c(F)c1F. The lowest BCUT2D eigenvalue weighted by molar-refractivity contribution is -0.135. The Morgan fingerprint density at radius 3 is 1.70 bits per heavy atom. The number of methoxy groups -OCH3 is 1. The summed E-state index contributed by atoms with van der Waals surface area (Å²) >= 11 is 1.79. The number of hydrogen-bond acceptors (Lipinski definition) is 4. The molecular formula is C21H29F5O3S. The van der Waals surface area contributed by atoms with E-state index in [1.807, 2.05) is 13.8 Å². The maximum Gasteiger partial charge on any atom is 0.311 e. The van der Waals surface area contributed by atoms with Crippen LogP contribution in [0.25, 0.3) is 0 Å². The molecule has 0 heterocycles. The average Bonchev–Trinajstić information content (AvgIpc) is 2.72. The molecule has 0 aromatic heterocycles. The fourth-order valence-electron chi connectivity index (χ4n) is 2.65. The zero-order valence-corrected chi connectivity index (χ0v) is 18.4. The summed E-state index contributed by atoms with van der Waals surface area (Å²) in [6.07, 6.45) is 7.32. The van der Waals surface area contributed by atoms with Crippen molar-refractivity contribution >= 4 is 17.7 Å². The molecule has 0 aliphatic rings. The van der Waals surface area contributed by atoms with Crippen molar-refractivity contribution in [3.63, 3.8) is 0 Å². The topological polar surface area (TPSA) is 35.5 Å². The van der Waals surface area contributed by atoms with Gasteiger partial charge in [-0.3, -0.25) is 4.79 Å². The largest absolute Gasteiger partial charge is 0.420 e. The Morgan fingerprint density at radius 2 is 1.20 bits per heavy atom. The van der Waals surface area contributed by atoms with Crippen LogP contribution in [0.5, 0.6) is 5.75 Å². The fourth-order valence-corrected chi connectivity index (χ4v) is 3.61. The lowest BCUT2D eigenvalue weighted by atomic mass is 10.1. The van der Waals surface area contributed by atoms with Gasteiger partial charge in [0.05, 0.1) is 0 Å². The van der Waals surface area contributed by atoms with E-state index in [0.717, 1.165) is 44.3 Å². The zero-order valence-electron chi connectivity index (χ0n) is 17.6. The quantitative estimate of drug-likeness (QED) is 0.0579. The fraction of sp³-hybridized carbons (Fsp3) is 0.667. The highest BCUT2D eigenvalue weighted by molar-refractivity contribution is 8.00. The van der Waals surface area contributed by atoms with Crippen LogP contribution < -0.4 is 4.74 Å². The number of esters is 1. The summed E-state index contributed by atoms with van der Waals surface area (Å²) in [4.78, 5) is 11.5. The molecule has 0 unspecified atom stereocenters. The Hall–Kier alpha value is -1.35. The minimum absolute atomic E-state index is 0.155. The minimum Gasteiger partial charge on any atom is -0.420 e. The first-order valence-electron chi connectivity index (χ1n) is 10.0. The van der Waals surface area contributed by atoms with Gasteiger partial charge in [-0.1, -0.05) is 38.5 Å². The lowest BCUT2D eigenvalue weighted by Crippen LogP contribution is -2.17. The van der Waals surface area contributed by atoms with Gasteiger partial charge in [0.1, 0.15) is 4.93 Å². The highest BCUT2D eigenvalue weighted by Crippen LogP contribution is 2.29. The van der Waals surface area contributed by atoms with E-state index >= 15 is 0 Å². The van der Waals surface area contributed by atoms with Gasteiger partial charge in [-0.2, -0.15) is 8.78 Å². The molecule has 30 heavy (non-hydrogen) atoms. The third kappa shape index (κ3) is 8.79. The Morgan fingerprint density at radius 1 is 0.767 bits per heavy atom. The van der Waals surface area contributed by atoms with Crippen molar-refractivity contribution < 1.29 is 36.2 Å². The van der Waals surface area contributed by atoms with Crippen molar-refractivity contribution in [2.24, 2.45) is 0 Å². The monoisotopic (exact) mass is 456 g/mol. The van der Waals surface area contributed by atoms with E-state index in [1.54, 1.807) is 18.9 Å². The first kappa shape index (κ1) is 26.7. The predicted octanol–water partition coefficient (Wildman–Crippen LogP) is 6.91. The second kappa shape index (κ2) is 13.1. The normalized spacial score (nSPS) is 11.7. The second-order valence-corrected chi connectivity index (χ2v) is 9.08. The van der Waals surface area contributed by atoms with Crippen molar-refractivity contribution in [3.05, 3.63) is 29.1 Å². The molecule has 0 spiro atoms. The van der Waals surface area contributed by atoms with Gasteiger partial charge in [-0.05, 0) is 32.4 Å². The first-order chi connectivity index (χ1) is 14.1. The molecule has 0 fully saturated rings. The molecule has 9 heteroatoms. The summed E-state index contributed by atoms with van der Waals surface area (Å²) in [6, 6.07) is 0.